The van der Waals surface area contributed by atoms with Crippen LogP contribution < -0.4 is 0 Å². The third-order valence-electron chi connectivity index (χ3n) is 20.9. The fourth-order valence-electron chi connectivity index (χ4n) is 16.4. The highest BCUT2D eigenvalue weighted by Gasteiger charge is 2.40. The summed E-state index contributed by atoms with van der Waals surface area (Å²) in [4.78, 5) is 29.8. The molecule has 488 valence electrons. The Balaban J connectivity index is 0.000000139. The minimum Gasteiger partial charge on any atom is -0.309 e. The molecule has 0 atom stereocenters. The van der Waals surface area contributed by atoms with Crippen molar-refractivity contribution in [1.29, 1.82) is 0 Å². The summed E-state index contributed by atoms with van der Waals surface area (Å²) in [6, 6.07) is 122. The minimum atomic E-state index is -0.188. The van der Waals surface area contributed by atoms with Crippen LogP contribution in [0.4, 0.5) is 0 Å². The van der Waals surface area contributed by atoms with Crippen molar-refractivity contribution in [2.45, 2.75) is 19.3 Å². The maximum Gasteiger partial charge on any atom is 0.164 e. The molecular weight excluding hydrogens is 1270 g/mol. The molecule has 0 radical (unpaired) electrons. The van der Waals surface area contributed by atoms with Crippen LogP contribution in [-0.4, -0.2) is 43.6 Å². The average Bonchev–Trinajstić information content (AvgIpc) is 1.53. The second-order valence-corrected chi connectivity index (χ2v) is 27.2. The Morgan fingerprint density at radius 2 is 0.481 bits per heavy atom. The lowest BCUT2D eigenvalue weighted by Crippen LogP contribution is -2.16. The first kappa shape index (κ1) is 60.2. The summed E-state index contributed by atoms with van der Waals surface area (Å²) in [5, 5.41) is 12.6. The molecule has 9 nitrogen and oxygen atoms in total. The average molecular weight is 1330 g/mol. The van der Waals surface area contributed by atoms with Gasteiger partial charge in [-0.3, -0.25) is 0 Å². The van der Waals surface area contributed by atoms with E-state index in [1.807, 2.05) is 121 Å². The van der Waals surface area contributed by atoms with Crippen molar-refractivity contribution in [3.8, 4) is 96.5 Å². The summed E-state index contributed by atoms with van der Waals surface area (Å²) in [6.45, 7) is 4.76. The molecule has 5 aromatic heterocycles. The lowest BCUT2D eigenvalue weighted by Gasteiger charge is -2.24. The standard InChI is InChI=1S/C49H31N5.C46H32N4/c1-4-16-32(17-5-1)47-50-48(33-18-6-2-7-19-33)52-49(51-47)34-28-30-36(31-29-34)54-42-27-15-13-25-40(42)44-38-23-11-10-22-37(38)43-39-24-12-14-26-41(39)53(45(43)46(44)54)35-20-8-3-9-21-35;1-46(2)37-23-13-11-21-35(37)39-33-19-9-10-20-34(33)40-36-22-12-14-24-38(36)50(42(40)41(39)46)32-27-25-31(26-28-32)45-48-43(29-15-5-3-6-16-29)47-44(49-45)30-17-7-4-8-18-30/h1-31H;3-28H,1-2H3. The van der Waals surface area contributed by atoms with Crippen LogP contribution in [0.15, 0.2) is 346 Å². The van der Waals surface area contributed by atoms with Gasteiger partial charge in [0, 0.05) is 88.2 Å². The number of benzene rings is 15. The normalized spacial score (nSPS) is 12.4. The summed E-state index contributed by atoms with van der Waals surface area (Å²) < 4.78 is 7.37. The molecule has 0 fully saturated rings. The predicted octanol–water partition coefficient (Wildman–Crippen LogP) is 23.6. The van der Waals surface area contributed by atoms with Gasteiger partial charge in [0.15, 0.2) is 34.9 Å². The van der Waals surface area contributed by atoms with Crippen LogP contribution >= 0.6 is 0 Å². The zero-order valence-corrected chi connectivity index (χ0v) is 56.9. The lowest BCUT2D eigenvalue weighted by molar-refractivity contribution is 0.664. The van der Waals surface area contributed by atoms with E-state index in [2.05, 4.69) is 252 Å². The van der Waals surface area contributed by atoms with Crippen LogP contribution in [0.3, 0.4) is 0 Å². The van der Waals surface area contributed by atoms with Gasteiger partial charge in [-0.25, -0.2) is 29.9 Å². The van der Waals surface area contributed by atoms with E-state index in [1.54, 1.807) is 0 Å². The van der Waals surface area contributed by atoms with Crippen LogP contribution in [0.5, 0.6) is 0 Å². The maximum absolute atomic E-state index is 5.00. The van der Waals surface area contributed by atoms with Gasteiger partial charge in [0.05, 0.1) is 33.1 Å². The highest BCUT2D eigenvalue weighted by Crippen LogP contribution is 2.57. The van der Waals surface area contributed by atoms with Crippen molar-refractivity contribution < 1.29 is 0 Å². The van der Waals surface area contributed by atoms with E-state index in [0.29, 0.717) is 34.9 Å². The van der Waals surface area contributed by atoms with Crippen LogP contribution in [-0.2, 0) is 5.41 Å². The third kappa shape index (κ3) is 9.62. The van der Waals surface area contributed by atoms with Crippen molar-refractivity contribution in [2.24, 2.45) is 0 Å². The SMILES string of the molecule is CC1(C)c2ccccc2-c2c1c1c(c3ccccc23)c2ccccc2n1-c1ccc(-c2nc(-c3ccccc3)nc(-c3ccccc3)n2)cc1.c1ccc(-c2nc(-c3ccccc3)nc(-c3ccc(-n4c5ccccc5c5c6ccccc6c6c7ccccc7n(-c7ccccc7)c6c54)cc3)n2)cc1. The zero-order chi connectivity index (χ0) is 69.0. The first-order valence-electron chi connectivity index (χ1n) is 35.4. The van der Waals surface area contributed by atoms with Crippen molar-refractivity contribution >= 4 is 87.0 Å². The predicted molar refractivity (Wildman–Crippen MR) is 428 cm³/mol. The molecule has 0 spiro atoms. The first-order chi connectivity index (χ1) is 51.4. The summed E-state index contributed by atoms with van der Waals surface area (Å²) >= 11 is 0. The Kier molecular flexibility index (Phi) is 14.0. The Morgan fingerprint density at radius 1 is 0.221 bits per heavy atom. The topological polar surface area (TPSA) is 92.1 Å². The minimum absolute atomic E-state index is 0.188. The molecule has 20 aromatic rings. The molecule has 5 heterocycles. The fraction of sp³-hybridized carbons (Fsp3) is 0.0316. The molecule has 0 unspecified atom stereocenters. The van der Waals surface area contributed by atoms with Crippen LogP contribution in [0.1, 0.15) is 25.0 Å². The molecule has 0 saturated carbocycles. The molecule has 1 aliphatic rings. The molecule has 0 N–H and O–H groups in total. The molecule has 1 aliphatic carbocycles. The maximum atomic E-state index is 5.00. The Hall–Kier alpha value is -13.8. The summed E-state index contributed by atoms with van der Waals surface area (Å²) in [5.74, 6) is 3.89. The monoisotopic (exact) mass is 1330 g/mol. The van der Waals surface area contributed by atoms with Crippen molar-refractivity contribution in [3.05, 3.63) is 357 Å². The van der Waals surface area contributed by atoms with E-state index < -0.39 is 0 Å². The molecule has 21 rings (SSSR count). The van der Waals surface area contributed by atoms with Crippen molar-refractivity contribution in [3.63, 3.8) is 0 Å². The molecule has 0 aliphatic heterocycles. The van der Waals surface area contributed by atoms with Gasteiger partial charge in [0.1, 0.15) is 0 Å². The number of aromatic nitrogens is 9. The number of fused-ring (bicyclic) bond motifs is 20. The molecule has 0 amide bonds. The van der Waals surface area contributed by atoms with E-state index in [-0.39, 0.29) is 5.41 Å². The second-order valence-electron chi connectivity index (χ2n) is 27.2. The highest BCUT2D eigenvalue weighted by atomic mass is 15.1. The summed E-state index contributed by atoms with van der Waals surface area (Å²) in [7, 11) is 0. The van der Waals surface area contributed by atoms with E-state index in [1.165, 1.54) is 104 Å². The Bertz CT molecular complexity index is 6650. The van der Waals surface area contributed by atoms with Gasteiger partial charge in [-0.2, -0.15) is 0 Å². The Morgan fingerprint density at radius 3 is 0.856 bits per heavy atom. The fourth-order valence-corrected chi connectivity index (χ4v) is 16.4. The zero-order valence-electron chi connectivity index (χ0n) is 56.9. The van der Waals surface area contributed by atoms with E-state index in [9.17, 15) is 0 Å². The van der Waals surface area contributed by atoms with Gasteiger partial charge < -0.3 is 13.7 Å². The molecule has 104 heavy (non-hydrogen) atoms. The van der Waals surface area contributed by atoms with Gasteiger partial charge in [-0.1, -0.05) is 281 Å². The van der Waals surface area contributed by atoms with E-state index >= 15 is 0 Å². The lowest BCUT2D eigenvalue weighted by atomic mass is 9.80. The van der Waals surface area contributed by atoms with Crippen LogP contribution in [0.2, 0.25) is 0 Å². The molecule has 15 aromatic carbocycles. The quantitative estimate of drug-likeness (QED) is 0.143. The number of hydrogen-bond acceptors (Lipinski definition) is 6. The molecule has 0 bridgehead atoms. The van der Waals surface area contributed by atoms with Gasteiger partial charge in [0.25, 0.3) is 0 Å². The first-order valence-corrected chi connectivity index (χ1v) is 35.4. The van der Waals surface area contributed by atoms with Gasteiger partial charge >= 0.3 is 0 Å². The highest BCUT2D eigenvalue weighted by molar-refractivity contribution is 6.36. The number of hydrogen-bond donors (Lipinski definition) is 0. The second kappa shape index (κ2) is 24.3. The summed E-state index contributed by atoms with van der Waals surface area (Å²) in [5.41, 5.74) is 21.4. The number of rotatable bonds is 9. The molecule has 9 heteroatoms. The van der Waals surface area contributed by atoms with Gasteiger partial charge in [-0.15, -0.1) is 0 Å². The van der Waals surface area contributed by atoms with Crippen LogP contribution in [0, 0.1) is 0 Å². The molecular formula is C95H63N9. The van der Waals surface area contributed by atoms with E-state index in [0.717, 1.165) is 56.0 Å². The Labute approximate surface area is 599 Å². The molecule has 0 saturated heterocycles. The number of nitrogens with zero attached hydrogens (tertiary/aromatic N) is 9. The third-order valence-corrected chi connectivity index (χ3v) is 20.9. The van der Waals surface area contributed by atoms with Gasteiger partial charge in [-0.05, 0) is 123 Å². The summed E-state index contributed by atoms with van der Waals surface area (Å²) in [6.07, 6.45) is 0. The van der Waals surface area contributed by atoms with Crippen molar-refractivity contribution in [1.82, 2.24) is 43.6 Å². The van der Waals surface area contributed by atoms with Gasteiger partial charge in [0.2, 0.25) is 0 Å². The largest absolute Gasteiger partial charge is 0.309 e. The smallest absolute Gasteiger partial charge is 0.164 e. The van der Waals surface area contributed by atoms with Crippen LogP contribution in [0.25, 0.3) is 183 Å². The van der Waals surface area contributed by atoms with Crippen molar-refractivity contribution in [2.75, 3.05) is 0 Å². The number of para-hydroxylation sites is 4. The van der Waals surface area contributed by atoms with E-state index in [4.69, 9.17) is 29.9 Å².